The summed E-state index contributed by atoms with van der Waals surface area (Å²) in [6.45, 7) is 25.4. The maximum absolute atomic E-state index is 12.2. The van der Waals surface area contributed by atoms with Gasteiger partial charge in [0.1, 0.15) is 0 Å². The summed E-state index contributed by atoms with van der Waals surface area (Å²) in [7, 11) is 0. The van der Waals surface area contributed by atoms with Crippen LogP contribution < -0.4 is 0 Å². The maximum atomic E-state index is 12.2. The van der Waals surface area contributed by atoms with Gasteiger partial charge in [0, 0.05) is 5.41 Å². The molecular formula is C36H64O. The molecule has 214 valence electrons. The van der Waals surface area contributed by atoms with Crippen molar-refractivity contribution < 1.29 is 5.11 Å². The van der Waals surface area contributed by atoms with Gasteiger partial charge in [0.2, 0.25) is 0 Å². The monoisotopic (exact) mass is 512 g/mol. The zero-order valence-electron chi connectivity index (χ0n) is 26.5. The van der Waals surface area contributed by atoms with Gasteiger partial charge in [-0.2, -0.15) is 0 Å². The minimum absolute atomic E-state index is 0.0236. The summed E-state index contributed by atoms with van der Waals surface area (Å²) in [6, 6.07) is 0. The van der Waals surface area contributed by atoms with E-state index in [1.165, 1.54) is 64.2 Å². The highest BCUT2D eigenvalue weighted by Gasteiger charge is 2.69. The Morgan fingerprint density at radius 1 is 0.811 bits per heavy atom. The second-order valence-corrected chi connectivity index (χ2v) is 17.4. The van der Waals surface area contributed by atoms with Crippen molar-refractivity contribution in [1.29, 1.82) is 0 Å². The third kappa shape index (κ3) is 4.32. The van der Waals surface area contributed by atoms with Gasteiger partial charge in [-0.15, -0.1) is 0 Å². The van der Waals surface area contributed by atoms with Gasteiger partial charge >= 0.3 is 0 Å². The van der Waals surface area contributed by atoms with Gasteiger partial charge in [-0.3, -0.25) is 0 Å². The normalized spacial score (nSPS) is 58.4. The third-order valence-electron chi connectivity index (χ3n) is 15.0. The summed E-state index contributed by atoms with van der Waals surface area (Å²) >= 11 is 0. The lowest BCUT2D eigenvalue weighted by atomic mass is 9.33. The highest BCUT2D eigenvalue weighted by molar-refractivity contribution is 5.17. The smallest absolute Gasteiger partial charge is 0.0634 e. The summed E-state index contributed by atoms with van der Waals surface area (Å²) < 4.78 is 0. The quantitative estimate of drug-likeness (QED) is 0.399. The Balaban J connectivity index is 1.46. The molecule has 37 heavy (non-hydrogen) atoms. The molecule has 0 aliphatic heterocycles. The predicted octanol–water partition coefficient (Wildman–Crippen LogP) is 9.87. The molecule has 13 atom stereocenters. The van der Waals surface area contributed by atoms with E-state index in [-0.39, 0.29) is 16.9 Å². The maximum Gasteiger partial charge on any atom is 0.0634 e. The zero-order chi connectivity index (χ0) is 27.1. The van der Waals surface area contributed by atoms with Gasteiger partial charge in [-0.25, -0.2) is 0 Å². The standard InChI is InChI=1S/C36H64O/c1-21(2)30-24(5)18-35(9)20-34(8)19-29-28(17-27-14-11-22(3)12-15-27)16-13-23(4)31(29)25(6)32(34)26(7)36(35,10)33(30)37/h21-33,37H,11-20H2,1-10H3. The fourth-order valence-electron chi connectivity index (χ4n) is 13.4. The molecule has 5 saturated carbocycles. The van der Waals surface area contributed by atoms with Gasteiger partial charge in [0.15, 0.2) is 0 Å². The molecule has 1 N–H and O–H groups in total. The van der Waals surface area contributed by atoms with Crippen LogP contribution in [0.3, 0.4) is 0 Å². The topological polar surface area (TPSA) is 20.2 Å². The van der Waals surface area contributed by atoms with E-state index in [9.17, 15) is 5.11 Å². The summed E-state index contributed by atoms with van der Waals surface area (Å²) in [6.07, 6.45) is 14.4. The Morgan fingerprint density at radius 2 is 1.46 bits per heavy atom. The lowest BCUT2D eigenvalue weighted by Crippen LogP contribution is -2.69. The predicted molar refractivity (Wildman–Crippen MR) is 158 cm³/mol. The van der Waals surface area contributed by atoms with Crippen molar-refractivity contribution >= 4 is 0 Å². The van der Waals surface area contributed by atoms with E-state index in [0.717, 1.165) is 47.3 Å². The largest absolute Gasteiger partial charge is 0.392 e. The fourth-order valence-corrected chi connectivity index (χ4v) is 13.4. The minimum atomic E-state index is -0.170. The van der Waals surface area contributed by atoms with Crippen molar-refractivity contribution in [3.8, 4) is 0 Å². The highest BCUT2D eigenvalue weighted by atomic mass is 16.3. The minimum Gasteiger partial charge on any atom is -0.392 e. The summed E-state index contributed by atoms with van der Waals surface area (Å²) in [5.41, 5.74) is 0.689. The number of aliphatic hydroxyl groups excluding tert-OH is 1. The third-order valence-corrected chi connectivity index (χ3v) is 15.0. The molecule has 0 saturated heterocycles. The first-order valence-electron chi connectivity index (χ1n) is 16.9. The van der Waals surface area contributed by atoms with E-state index in [1.54, 1.807) is 0 Å². The fraction of sp³-hybridized carbons (Fsp3) is 1.00. The van der Waals surface area contributed by atoms with Crippen molar-refractivity contribution in [1.82, 2.24) is 0 Å². The molecule has 5 aliphatic carbocycles. The van der Waals surface area contributed by atoms with Gasteiger partial charge in [-0.05, 0) is 114 Å². The molecular weight excluding hydrogens is 448 g/mol. The van der Waals surface area contributed by atoms with E-state index < -0.39 is 0 Å². The SMILES string of the molecule is CC1CCC(CC2CCC(C)C3C(C)C4C(C)C5(C)C(O)C(C(C)C)C(C)CC5(C)CC4(C)CC23)CC1. The molecule has 13 unspecified atom stereocenters. The Morgan fingerprint density at radius 3 is 2.08 bits per heavy atom. The number of rotatable bonds is 3. The average Bonchev–Trinajstić information content (AvgIpc) is 2.79. The van der Waals surface area contributed by atoms with Gasteiger partial charge in [0.25, 0.3) is 0 Å². The van der Waals surface area contributed by atoms with Crippen LogP contribution in [0.4, 0.5) is 0 Å². The van der Waals surface area contributed by atoms with Crippen LogP contribution in [-0.2, 0) is 0 Å². The first-order chi connectivity index (χ1) is 17.2. The number of fused-ring (bicyclic) bond motifs is 3. The van der Waals surface area contributed by atoms with Gasteiger partial charge < -0.3 is 5.11 Å². The van der Waals surface area contributed by atoms with Crippen LogP contribution in [0, 0.1) is 87.3 Å². The summed E-state index contributed by atoms with van der Waals surface area (Å²) in [5, 5.41) is 12.2. The highest BCUT2D eigenvalue weighted by Crippen LogP contribution is 2.74. The Kier molecular flexibility index (Phi) is 7.55. The van der Waals surface area contributed by atoms with Crippen LogP contribution in [-0.4, -0.2) is 11.2 Å². The van der Waals surface area contributed by atoms with Crippen molar-refractivity contribution in [3.63, 3.8) is 0 Å². The first-order valence-corrected chi connectivity index (χ1v) is 16.9. The second kappa shape index (κ2) is 9.80. The van der Waals surface area contributed by atoms with Crippen LogP contribution in [0.25, 0.3) is 0 Å². The molecule has 5 fully saturated rings. The molecule has 1 nitrogen and oxygen atoms in total. The molecule has 0 aromatic heterocycles. The first kappa shape index (κ1) is 28.5. The Labute approximate surface area is 231 Å². The molecule has 0 aromatic rings. The van der Waals surface area contributed by atoms with Gasteiger partial charge in [-0.1, -0.05) is 101 Å². The molecule has 0 bridgehead atoms. The molecule has 5 rings (SSSR count). The summed E-state index contributed by atoms with van der Waals surface area (Å²) in [4.78, 5) is 0. The average molecular weight is 513 g/mol. The van der Waals surface area contributed by atoms with Crippen LogP contribution in [0.1, 0.15) is 133 Å². The van der Waals surface area contributed by atoms with Crippen LogP contribution >= 0.6 is 0 Å². The molecule has 5 aliphatic rings. The number of hydrogen-bond acceptors (Lipinski definition) is 1. The Hall–Kier alpha value is -0.0400. The van der Waals surface area contributed by atoms with E-state index >= 15 is 0 Å². The lowest BCUT2D eigenvalue weighted by Gasteiger charge is -2.72. The van der Waals surface area contributed by atoms with Crippen LogP contribution in [0.2, 0.25) is 0 Å². The second-order valence-electron chi connectivity index (χ2n) is 17.4. The van der Waals surface area contributed by atoms with Crippen molar-refractivity contribution in [2.75, 3.05) is 0 Å². The molecule has 0 radical (unpaired) electrons. The molecule has 0 heterocycles. The lowest BCUT2D eigenvalue weighted by molar-refractivity contribution is -0.266. The van der Waals surface area contributed by atoms with E-state index in [1.807, 2.05) is 0 Å². The molecule has 0 aromatic carbocycles. The molecule has 0 spiro atoms. The molecule has 1 heteroatoms. The molecule has 0 amide bonds. The van der Waals surface area contributed by atoms with E-state index in [0.29, 0.717) is 29.1 Å². The van der Waals surface area contributed by atoms with Crippen molar-refractivity contribution in [2.45, 2.75) is 140 Å². The van der Waals surface area contributed by atoms with E-state index in [4.69, 9.17) is 0 Å². The van der Waals surface area contributed by atoms with Crippen molar-refractivity contribution in [3.05, 3.63) is 0 Å². The number of aliphatic hydroxyl groups is 1. The summed E-state index contributed by atoms with van der Waals surface area (Å²) in [5.74, 6) is 9.38. The van der Waals surface area contributed by atoms with Crippen LogP contribution in [0.15, 0.2) is 0 Å². The number of hydrogen-bond donors (Lipinski definition) is 1. The van der Waals surface area contributed by atoms with Crippen LogP contribution in [0.5, 0.6) is 0 Å². The van der Waals surface area contributed by atoms with E-state index in [2.05, 4.69) is 69.2 Å². The van der Waals surface area contributed by atoms with Gasteiger partial charge in [0.05, 0.1) is 6.10 Å². The van der Waals surface area contributed by atoms with Crippen molar-refractivity contribution in [2.24, 2.45) is 87.3 Å². The zero-order valence-corrected chi connectivity index (χ0v) is 26.5. The Bertz CT molecular complexity index is 809.